The standard InChI is InChI=1S/C17H21N3O5/c1-12(16(23)18-10-13-6-3-2-4-7-13)25-15(22)8-5-9-20-14(21)11-19-17(20)24/h2-4,6-7,12H,5,8-11H2,1H3,(H,18,23)(H,19,24)/t12-/m0/s1. The number of urea groups is 1. The van der Waals surface area contributed by atoms with Crippen molar-refractivity contribution in [1.82, 2.24) is 15.5 Å². The van der Waals surface area contributed by atoms with Gasteiger partial charge in [-0.25, -0.2) is 4.79 Å². The Morgan fingerprint density at radius 1 is 1.28 bits per heavy atom. The lowest BCUT2D eigenvalue weighted by atomic mass is 10.2. The molecule has 1 heterocycles. The number of ether oxygens (including phenoxy) is 1. The molecule has 2 N–H and O–H groups in total. The van der Waals surface area contributed by atoms with Gasteiger partial charge >= 0.3 is 12.0 Å². The van der Waals surface area contributed by atoms with Crippen molar-refractivity contribution in [3.8, 4) is 0 Å². The van der Waals surface area contributed by atoms with Crippen molar-refractivity contribution in [1.29, 1.82) is 0 Å². The third-order valence-corrected chi connectivity index (χ3v) is 3.69. The number of carbonyl (C=O) groups excluding carboxylic acids is 4. The van der Waals surface area contributed by atoms with Crippen LogP contribution in [0.15, 0.2) is 30.3 Å². The van der Waals surface area contributed by atoms with Gasteiger partial charge in [0.25, 0.3) is 5.91 Å². The lowest BCUT2D eigenvalue weighted by molar-refractivity contribution is -0.155. The molecule has 0 bridgehead atoms. The number of rotatable bonds is 8. The topological polar surface area (TPSA) is 105 Å². The summed E-state index contributed by atoms with van der Waals surface area (Å²) in [5.41, 5.74) is 0.947. The van der Waals surface area contributed by atoms with Crippen LogP contribution in [0, 0.1) is 0 Å². The number of nitrogens with zero attached hydrogens (tertiary/aromatic N) is 1. The summed E-state index contributed by atoms with van der Waals surface area (Å²) < 4.78 is 5.06. The zero-order valence-electron chi connectivity index (χ0n) is 14.0. The fourth-order valence-electron chi connectivity index (χ4n) is 2.30. The zero-order valence-corrected chi connectivity index (χ0v) is 14.0. The molecule has 0 aromatic heterocycles. The third kappa shape index (κ3) is 5.59. The smallest absolute Gasteiger partial charge is 0.324 e. The van der Waals surface area contributed by atoms with Gasteiger partial charge in [0, 0.05) is 19.5 Å². The van der Waals surface area contributed by atoms with E-state index in [9.17, 15) is 19.2 Å². The first kappa shape index (κ1) is 18.4. The van der Waals surface area contributed by atoms with Crippen LogP contribution in [0.1, 0.15) is 25.3 Å². The zero-order chi connectivity index (χ0) is 18.2. The van der Waals surface area contributed by atoms with E-state index in [1.165, 1.54) is 6.92 Å². The molecule has 25 heavy (non-hydrogen) atoms. The highest BCUT2D eigenvalue weighted by molar-refractivity contribution is 6.01. The van der Waals surface area contributed by atoms with E-state index in [1.807, 2.05) is 30.3 Å². The summed E-state index contributed by atoms with van der Waals surface area (Å²) in [6.45, 7) is 1.99. The Morgan fingerprint density at radius 2 is 2.00 bits per heavy atom. The van der Waals surface area contributed by atoms with Gasteiger partial charge in [0.05, 0.1) is 6.54 Å². The molecule has 1 saturated heterocycles. The Hall–Kier alpha value is -2.90. The van der Waals surface area contributed by atoms with Gasteiger partial charge in [0.15, 0.2) is 6.10 Å². The molecule has 0 radical (unpaired) electrons. The summed E-state index contributed by atoms with van der Waals surface area (Å²) in [5.74, 6) is -1.24. The van der Waals surface area contributed by atoms with Crippen LogP contribution in [-0.4, -0.2) is 47.9 Å². The Balaban J connectivity index is 1.66. The Bertz CT molecular complexity index is 631. The molecule has 2 rings (SSSR count). The summed E-state index contributed by atoms with van der Waals surface area (Å²) in [6.07, 6.45) is -0.600. The van der Waals surface area contributed by atoms with Gasteiger partial charge in [-0.3, -0.25) is 19.3 Å². The van der Waals surface area contributed by atoms with Gasteiger partial charge in [-0.05, 0) is 18.9 Å². The lowest BCUT2D eigenvalue weighted by Gasteiger charge is -2.15. The number of hydrogen-bond donors (Lipinski definition) is 2. The van der Waals surface area contributed by atoms with Crippen molar-refractivity contribution in [3.63, 3.8) is 0 Å². The quantitative estimate of drug-likeness (QED) is 0.528. The molecule has 134 valence electrons. The average Bonchev–Trinajstić information content (AvgIpc) is 2.92. The Morgan fingerprint density at radius 3 is 2.64 bits per heavy atom. The fourth-order valence-corrected chi connectivity index (χ4v) is 2.30. The molecule has 1 aliphatic rings. The number of esters is 1. The summed E-state index contributed by atoms with van der Waals surface area (Å²) in [7, 11) is 0. The van der Waals surface area contributed by atoms with E-state index in [-0.39, 0.29) is 37.7 Å². The highest BCUT2D eigenvalue weighted by Gasteiger charge is 2.28. The SMILES string of the molecule is C[C@H](OC(=O)CCCN1C(=O)CNC1=O)C(=O)NCc1ccccc1. The molecular formula is C17H21N3O5. The van der Waals surface area contributed by atoms with E-state index in [0.717, 1.165) is 10.5 Å². The van der Waals surface area contributed by atoms with Crippen LogP contribution >= 0.6 is 0 Å². The number of hydrogen-bond acceptors (Lipinski definition) is 5. The average molecular weight is 347 g/mol. The highest BCUT2D eigenvalue weighted by atomic mass is 16.5. The second-order valence-electron chi connectivity index (χ2n) is 5.64. The minimum Gasteiger partial charge on any atom is -0.453 e. The molecule has 8 heteroatoms. The number of carbonyl (C=O) groups is 4. The predicted octanol–water partition coefficient (Wildman–Crippen LogP) is 0.567. The summed E-state index contributed by atoms with van der Waals surface area (Å²) in [6, 6.07) is 8.94. The van der Waals surface area contributed by atoms with Gasteiger partial charge in [-0.15, -0.1) is 0 Å². The maximum atomic E-state index is 11.9. The third-order valence-electron chi connectivity index (χ3n) is 3.69. The van der Waals surface area contributed by atoms with Crippen LogP contribution in [0.25, 0.3) is 0 Å². The van der Waals surface area contributed by atoms with Crippen molar-refractivity contribution >= 4 is 23.8 Å². The molecule has 0 aliphatic carbocycles. The van der Waals surface area contributed by atoms with Crippen LogP contribution in [-0.2, 0) is 25.7 Å². The van der Waals surface area contributed by atoms with Gasteiger partial charge in [-0.1, -0.05) is 30.3 Å². The summed E-state index contributed by atoms with van der Waals surface area (Å²) >= 11 is 0. The lowest BCUT2D eigenvalue weighted by Crippen LogP contribution is -2.36. The molecule has 1 aromatic rings. The second-order valence-corrected chi connectivity index (χ2v) is 5.64. The summed E-state index contributed by atoms with van der Waals surface area (Å²) in [4.78, 5) is 47.5. The molecular weight excluding hydrogens is 326 g/mol. The maximum absolute atomic E-state index is 11.9. The predicted molar refractivity (Wildman–Crippen MR) is 88.2 cm³/mol. The van der Waals surface area contributed by atoms with Crippen molar-refractivity contribution in [2.75, 3.05) is 13.1 Å². The Labute approximate surface area is 145 Å². The van der Waals surface area contributed by atoms with Crippen molar-refractivity contribution < 1.29 is 23.9 Å². The largest absolute Gasteiger partial charge is 0.453 e. The molecule has 1 aliphatic heterocycles. The number of nitrogens with one attached hydrogen (secondary N) is 2. The summed E-state index contributed by atoms with van der Waals surface area (Å²) in [5, 5.41) is 5.10. The highest BCUT2D eigenvalue weighted by Crippen LogP contribution is 2.05. The molecule has 1 atom stereocenters. The first-order chi connectivity index (χ1) is 12.0. The second kappa shape index (κ2) is 8.81. The van der Waals surface area contributed by atoms with E-state index in [2.05, 4.69) is 10.6 Å². The van der Waals surface area contributed by atoms with E-state index in [0.29, 0.717) is 6.54 Å². The Kier molecular flexibility index (Phi) is 6.50. The van der Waals surface area contributed by atoms with Gasteiger partial charge in [0.2, 0.25) is 5.91 Å². The molecule has 4 amide bonds. The molecule has 1 fully saturated rings. The van der Waals surface area contributed by atoms with E-state index >= 15 is 0 Å². The first-order valence-corrected chi connectivity index (χ1v) is 8.06. The molecule has 0 spiro atoms. The van der Waals surface area contributed by atoms with E-state index < -0.39 is 18.1 Å². The van der Waals surface area contributed by atoms with Gasteiger partial charge in [-0.2, -0.15) is 0 Å². The number of benzene rings is 1. The van der Waals surface area contributed by atoms with E-state index in [4.69, 9.17) is 4.74 Å². The molecule has 1 aromatic carbocycles. The van der Waals surface area contributed by atoms with Crippen LogP contribution in [0.5, 0.6) is 0 Å². The minimum absolute atomic E-state index is 0.0120. The van der Waals surface area contributed by atoms with Crippen LogP contribution < -0.4 is 10.6 Å². The normalized spacial score (nSPS) is 14.8. The number of imide groups is 1. The van der Waals surface area contributed by atoms with Crippen molar-refractivity contribution in [3.05, 3.63) is 35.9 Å². The number of amides is 4. The minimum atomic E-state index is -0.909. The van der Waals surface area contributed by atoms with Crippen LogP contribution in [0.4, 0.5) is 4.79 Å². The van der Waals surface area contributed by atoms with Crippen molar-refractivity contribution in [2.24, 2.45) is 0 Å². The molecule has 8 nitrogen and oxygen atoms in total. The first-order valence-electron chi connectivity index (χ1n) is 8.06. The fraction of sp³-hybridized carbons (Fsp3) is 0.412. The van der Waals surface area contributed by atoms with Gasteiger partial charge in [0.1, 0.15) is 0 Å². The van der Waals surface area contributed by atoms with Crippen molar-refractivity contribution in [2.45, 2.75) is 32.4 Å². The molecule has 0 saturated carbocycles. The van der Waals surface area contributed by atoms with Gasteiger partial charge < -0.3 is 15.4 Å². The monoisotopic (exact) mass is 347 g/mol. The molecule has 0 unspecified atom stereocenters. The van der Waals surface area contributed by atoms with E-state index in [1.54, 1.807) is 0 Å². The maximum Gasteiger partial charge on any atom is 0.324 e. The van der Waals surface area contributed by atoms with Crippen LogP contribution in [0.3, 0.4) is 0 Å². The van der Waals surface area contributed by atoms with Crippen LogP contribution in [0.2, 0.25) is 0 Å².